The molecule has 0 spiro atoms. The fourth-order valence-electron chi connectivity index (χ4n) is 2.13. The van der Waals surface area contributed by atoms with Gasteiger partial charge in [0.15, 0.2) is 0 Å². The molecule has 0 fully saturated rings. The Balaban J connectivity index is 2.09. The Labute approximate surface area is 117 Å². The quantitative estimate of drug-likeness (QED) is 0.876. The van der Waals surface area contributed by atoms with Crippen molar-refractivity contribution >= 4 is 23.2 Å². The maximum absolute atomic E-state index is 5.63. The van der Waals surface area contributed by atoms with Gasteiger partial charge in [-0.15, -0.1) is 11.3 Å². The molecule has 19 heavy (non-hydrogen) atoms. The van der Waals surface area contributed by atoms with E-state index in [-0.39, 0.29) is 17.8 Å². The van der Waals surface area contributed by atoms with Gasteiger partial charge < -0.3 is 11.5 Å². The summed E-state index contributed by atoms with van der Waals surface area (Å²) in [5.74, 6) is 1.38. The molecular weight excluding hydrogens is 258 g/mol. The number of thiophene rings is 1. The minimum absolute atomic E-state index is 0.202. The van der Waals surface area contributed by atoms with Gasteiger partial charge in [0.05, 0.1) is 0 Å². The van der Waals surface area contributed by atoms with E-state index in [2.05, 4.69) is 40.2 Å². The first kappa shape index (κ1) is 13.7. The molecule has 0 radical (unpaired) electrons. The molecule has 0 aliphatic rings. The number of nitrogens with zero attached hydrogens (tertiary/aromatic N) is 3. The van der Waals surface area contributed by atoms with E-state index >= 15 is 0 Å². The van der Waals surface area contributed by atoms with Crippen LogP contribution in [-0.2, 0) is 6.42 Å². The fourth-order valence-corrected chi connectivity index (χ4v) is 2.88. The second-order valence-corrected chi connectivity index (χ2v) is 5.68. The van der Waals surface area contributed by atoms with Crippen molar-refractivity contribution < 1.29 is 0 Å². The number of nitrogen functional groups attached to an aromatic ring is 2. The lowest BCUT2D eigenvalue weighted by molar-refractivity contribution is 0.571. The van der Waals surface area contributed by atoms with Crippen LogP contribution in [0.2, 0.25) is 0 Å². The van der Waals surface area contributed by atoms with Crippen LogP contribution in [0.1, 0.15) is 41.9 Å². The van der Waals surface area contributed by atoms with Crippen molar-refractivity contribution in [3.63, 3.8) is 0 Å². The van der Waals surface area contributed by atoms with Crippen molar-refractivity contribution in [3.05, 3.63) is 27.7 Å². The van der Waals surface area contributed by atoms with Gasteiger partial charge in [0, 0.05) is 10.8 Å². The van der Waals surface area contributed by atoms with Gasteiger partial charge in [0.25, 0.3) is 0 Å². The first-order valence-electron chi connectivity index (χ1n) is 6.40. The lowest BCUT2D eigenvalue weighted by atomic mass is 9.96. The third-order valence-electron chi connectivity index (χ3n) is 3.27. The molecule has 2 rings (SSSR count). The van der Waals surface area contributed by atoms with Gasteiger partial charge in [-0.1, -0.05) is 6.92 Å². The third-order valence-corrected chi connectivity index (χ3v) is 4.16. The Morgan fingerprint density at radius 3 is 2.42 bits per heavy atom. The minimum atomic E-state index is 0.202. The summed E-state index contributed by atoms with van der Waals surface area (Å²) in [4.78, 5) is 13.6. The van der Waals surface area contributed by atoms with E-state index in [1.165, 1.54) is 10.4 Å². The Hall–Kier alpha value is -1.69. The van der Waals surface area contributed by atoms with E-state index in [1.807, 2.05) is 0 Å². The second kappa shape index (κ2) is 5.97. The Bertz CT molecular complexity index is 531. The molecule has 0 aliphatic carbocycles. The van der Waals surface area contributed by atoms with Crippen LogP contribution in [0, 0.1) is 6.92 Å². The first-order valence-corrected chi connectivity index (χ1v) is 7.28. The van der Waals surface area contributed by atoms with Crippen LogP contribution < -0.4 is 11.5 Å². The van der Waals surface area contributed by atoms with E-state index in [4.69, 9.17) is 11.5 Å². The first-order chi connectivity index (χ1) is 9.10. The Kier molecular flexibility index (Phi) is 4.31. The second-order valence-electron chi connectivity index (χ2n) is 4.56. The van der Waals surface area contributed by atoms with Crippen LogP contribution in [0.4, 0.5) is 11.9 Å². The van der Waals surface area contributed by atoms with Crippen molar-refractivity contribution in [2.75, 3.05) is 11.5 Å². The average Bonchev–Trinajstić information content (AvgIpc) is 2.75. The zero-order chi connectivity index (χ0) is 13.8. The predicted octanol–water partition coefficient (Wildman–Crippen LogP) is 2.53. The van der Waals surface area contributed by atoms with E-state index in [9.17, 15) is 0 Å². The molecule has 0 aliphatic heterocycles. The number of hydrogen-bond acceptors (Lipinski definition) is 6. The van der Waals surface area contributed by atoms with E-state index in [1.54, 1.807) is 11.3 Å². The number of nitrogens with two attached hydrogens (primary N) is 2. The van der Waals surface area contributed by atoms with Crippen molar-refractivity contribution in [3.8, 4) is 0 Å². The van der Waals surface area contributed by atoms with Gasteiger partial charge in [0.2, 0.25) is 11.9 Å². The van der Waals surface area contributed by atoms with Crippen LogP contribution in [0.3, 0.4) is 0 Å². The lowest BCUT2D eigenvalue weighted by Crippen LogP contribution is -2.11. The summed E-state index contributed by atoms with van der Waals surface area (Å²) < 4.78 is 0. The zero-order valence-electron chi connectivity index (χ0n) is 11.3. The van der Waals surface area contributed by atoms with Crippen molar-refractivity contribution in [2.24, 2.45) is 0 Å². The zero-order valence-corrected chi connectivity index (χ0v) is 12.1. The summed E-state index contributed by atoms with van der Waals surface area (Å²) in [7, 11) is 0. The summed E-state index contributed by atoms with van der Waals surface area (Å²) in [5, 5.41) is 2.13. The highest BCUT2D eigenvalue weighted by Gasteiger charge is 2.15. The molecule has 0 saturated carbocycles. The minimum Gasteiger partial charge on any atom is -0.368 e. The fraction of sp³-hybridized carbons (Fsp3) is 0.462. The number of aryl methyl sites for hydroxylation is 2. The molecule has 2 aromatic heterocycles. The summed E-state index contributed by atoms with van der Waals surface area (Å²) in [6.07, 6.45) is 2.99. The van der Waals surface area contributed by atoms with Crippen LogP contribution in [0.15, 0.2) is 11.4 Å². The van der Waals surface area contributed by atoms with Crippen LogP contribution >= 0.6 is 11.3 Å². The Morgan fingerprint density at radius 1 is 1.21 bits per heavy atom. The van der Waals surface area contributed by atoms with Crippen molar-refractivity contribution in [2.45, 2.75) is 39.0 Å². The van der Waals surface area contributed by atoms with Gasteiger partial charge in [-0.05, 0) is 43.2 Å². The molecule has 2 heterocycles. The highest BCUT2D eigenvalue weighted by molar-refractivity contribution is 7.10. The van der Waals surface area contributed by atoms with Crippen molar-refractivity contribution in [1.82, 2.24) is 15.0 Å². The van der Waals surface area contributed by atoms with Crippen LogP contribution in [0.5, 0.6) is 0 Å². The lowest BCUT2D eigenvalue weighted by Gasteiger charge is -2.13. The number of aromatic nitrogens is 3. The number of anilines is 2. The van der Waals surface area contributed by atoms with Gasteiger partial charge in [-0.2, -0.15) is 15.0 Å². The summed E-state index contributed by atoms with van der Waals surface area (Å²) >= 11 is 1.78. The molecule has 5 nitrogen and oxygen atoms in total. The van der Waals surface area contributed by atoms with Crippen LogP contribution in [0.25, 0.3) is 0 Å². The van der Waals surface area contributed by atoms with Crippen LogP contribution in [-0.4, -0.2) is 15.0 Å². The number of hydrogen-bond donors (Lipinski definition) is 2. The smallest absolute Gasteiger partial charge is 0.225 e. The van der Waals surface area contributed by atoms with E-state index in [0.717, 1.165) is 19.3 Å². The highest BCUT2D eigenvalue weighted by atomic mass is 32.1. The summed E-state index contributed by atoms with van der Waals surface area (Å²) in [6.45, 7) is 4.28. The average molecular weight is 277 g/mol. The topological polar surface area (TPSA) is 90.7 Å². The molecule has 102 valence electrons. The third kappa shape index (κ3) is 3.41. The molecule has 1 atom stereocenters. The van der Waals surface area contributed by atoms with Crippen molar-refractivity contribution in [1.29, 1.82) is 0 Å². The molecule has 0 aromatic carbocycles. The normalized spacial score (nSPS) is 12.5. The maximum atomic E-state index is 5.63. The molecule has 1 unspecified atom stereocenters. The maximum Gasteiger partial charge on any atom is 0.225 e. The van der Waals surface area contributed by atoms with Gasteiger partial charge >= 0.3 is 0 Å². The molecule has 4 N–H and O–H groups in total. The predicted molar refractivity (Wildman–Crippen MR) is 79.1 cm³/mol. The molecule has 0 amide bonds. The molecule has 6 heteroatoms. The molecule has 0 saturated heterocycles. The SMILES string of the molecule is CCC(CCc1ccsc1C)c1nc(N)nc(N)n1. The number of rotatable bonds is 5. The molecular formula is C13H19N5S. The van der Waals surface area contributed by atoms with E-state index in [0.29, 0.717) is 5.82 Å². The summed E-state index contributed by atoms with van der Waals surface area (Å²) in [5.41, 5.74) is 12.7. The molecule has 0 bridgehead atoms. The van der Waals surface area contributed by atoms with E-state index < -0.39 is 0 Å². The monoisotopic (exact) mass is 277 g/mol. The standard InChI is InChI=1S/C13H19N5S/c1-3-9(4-5-10-6-7-19-8(10)2)11-16-12(14)18-13(15)17-11/h6-7,9H,3-5H2,1-2H3,(H4,14,15,16,17,18). The van der Waals surface area contributed by atoms with Gasteiger partial charge in [-0.3, -0.25) is 0 Å². The highest BCUT2D eigenvalue weighted by Crippen LogP contribution is 2.25. The summed E-state index contributed by atoms with van der Waals surface area (Å²) in [6, 6.07) is 2.18. The molecule has 2 aromatic rings. The van der Waals surface area contributed by atoms with Gasteiger partial charge in [0.1, 0.15) is 5.82 Å². The largest absolute Gasteiger partial charge is 0.368 e. The van der Waals surface area contributed by atoms with Gasteiger partial charge in [-0.25, -0.2) is 0 Å². The Morgan fingerprint density at radius 2 is 1.89 bits per heavy atom.